The lowest BCUT2D eigenvalue weighted by molar-refractivity contribution is -0.132. The molecule has 2 heterocycles. The maximum atomic E-state index is 13.3. The van der Waals surface area contributed by atoms with Gasteiger partial charge in [-0.05, 0) is 73.1 Å². The van der Waals surface area contributed by atoms with Crippen LogP contribution in [0.5, 0.6) is 0 Å². The van der Waals surface area contributed by atoms with Crippen LogP contribution in [-0.2, 0) is 4.74 Å². The van der Waals surface area contributed by atoms with Crippen molar-refractivity contribution in [3.63, 3.8) is 0 Å². The molecule has 1 saturated carbocycles. The highest BCUT2D eigenvalue weighted by Gasteiger charge is 2.52. The number of benzene rings is 2. The highest BCUT2D eigenvalue weighted by Crippen LogP contribution is 2.49. The molecule has 4 heteroatoms. The Morgan fingerprint density at radius 3 is 2.00 bits per heavy atom. The maximum Gasteiger partial charge on any atom is 0.410 e. The van der Waals surface area contributed by atoms with E-state index in [9.17, 15) is 9.90 Å². The van der Waals surface area contributed by atoms with Gasteiger partial charge in [-0.25, -0.2) is 4.79 Å². The molecule has 1 amide bonds. The molecule has 31 heavy (non-hydrogen) atoms. The van der Waals surface area contributed by atoms with Gasteiger partial charge in [0.05, 0.1) is 5.60 Å². The van der Waals surface area contributed by atoms with Gasteiger partial charge < -0.3 is 14.7 Å². The number of hydrogen-bond donors (Lipinski definition) is 1. The molecule has 2 unspecified atom stereocenters. The van der Waals surface area contributed by atoms with Crippen molar-refractivity contribution < 1.29 is 14.6 Å². The van der Waals surface area contributed by atoms with Crippen molar-refractivity contribution in [2.24, 2.45) is 5.92 Å². The zero-order chi connectivity index (χ0) is 21.0. The molecule has 2 aromatic rings. The third-order valence-corrected chi connectivity index (χ3v) is 8.45. The third kappa shape index (κ3) is 3.10. The van der Waals surface area contributed by atoms with Gasteiger partial charge in [-0.2, -0.15) is 0 Å². The summed E-state index contributed by atoms with van der Waals surface area (Å²) in [6, 6.07) is 17.1. The van der Waals surface area contributed by atoms with Crippen LogP contribution in [0.2, 0.25) is 0 Å². The number of carbonyl (C=O) groups excluding carboxylic acids is 1. The van der Waals surface area contributed by atoms with E-state index in [0.717, 1.165) is 44.9 Å². The minimum atomic E-state index is -0.575. The molecule has 0 aromatic heterocycles. The van der Waals surface area contributed by atoms with Gasteiger partial charge >= 0.3 is 6.09 Å². The van der Waals surface area contributed by atoms with Gasteiger partial charge in [0.15, 0.2) is 0 Å². The van der Waals surface area contributed by atoms with Crippen molar-refractivity contribution in [2.45, 2.75) is 75.0 Å². The van der Waals surface area contributed by atoms with E-state index in [4.69, 9.17) is 4.74 Å². The predicted molar refractivity (Wildman–Crippen MR) is 120 cm³/mol. The molecular formula is C27H31NO3. The van der Waals surface area contributed by atoms with E-state index in [0.29, 0.717) is 12.5 Å². The molecule has 4 aliphatic rings. The Morgan fingerprint density at radius 2 is 1.45 bits per heavy atom. The van der Waals surface area contributed by atoms with E-state index in [1.165, 1.54) is 28.7 Å². The minimum Gasteiger partial charge on any atom is -0.448 e. The molecule has 3 fully saturated rings. The molecule has 4 nitrogen and oxygen atoms in total. The van der Waals surface area contributed by atoms with Crippen LogP contribution >= 0.6 is 0 Å². The largest absolute Gasteiger partial charge is 0.448 e. The molecule has 2 aromatic carbocycles. The highest BCUT2D eigenvalue weighted by atomic mass is 16.6. The summed E-state index contributed by atoms with van der Waals surface area (Å²) >= 11 is 0. The van der Waals surface area contributed by atoms with E-state index in [1.54, 1.807) is 0 Å². The summed E-state index contributed by atoms with van der Waals surface area (Å²) in [5.41, 5.74) is 4.41. The van der Waals surface area contributed by atoms with E-state index in [1.807, 2.05) is 4.90 Å². The molecule has 2 aliphatic carbocycles. The summed E-state index contributed by atoms with van der Waals surface area (Å²) in [6.45, 7) is 0.371. The Bertz CT molecular complexity index is 938. The molecule has 2 saturated heterocycles. The second-order valence-electron chi connectivity index (χ2n) is 10.1. The SMILES string of the molecule is O=C(OCC1c2ccccc2-c2ccccc21)N1C2CCCC1CC(O)(C1CCC1)C2. The van der Waals surface area contributed by atoms with Crippen molar-refractivity contribution in [2.75, 3.05) is 6.61 Å². The normalized spacial score (nSPS) is 29.8. The van der Waals surface area contributed by atoms with E-state index in [2.05, 4.69) is 48.5 Å². The summed E-state index contributed by atoms with van der Waals surface area (Å²) in [6.07, 6.45) is 7.87. The summed E-state index contributed by atoms with van der Waals surface area (Å²) in [7, 11) is 0. The fourth-order valence-electron chi connectivity index (χ4n) is 6.71. The second-order valence-corrected chi connectivity index (χ2v) is 10.1. The number of nitrogens with zero attached hydrogens (tertiary/aromatic N) is 1. The Balaban J connectivity index is 1.19. The van der Waals surface area contributed by atoms with Crippen LogP contribution in [0.1, 0.15) is 68.4 Å². The number of aliphatic hydroxyl groups is 1. The summed E-state index contributed by atoms with van der Waals surface area (Å²) in [5, 5.41) is 11.3. The van der Waals surface area contributed by atoms with Gasteiger partial charge in [-0.3, -0.25) is 0 Å². The van der Waals surface area contributed by atoms with Crippen LogP contribution in [0.25, 0.3) is 11.1 Å². The number of amides is 1. The standard InChI is InChI=1S/C27H31NO3/c29-26(28-19-9-6-10-20(28)16-27(30,15-19)18-7-5-8-18)31-17-25-23-13-3-1-11-21(23)22-12-2-4-14-24(22)25/h1-4,11-14,18-20,25,30H,5-10,15-17H2. The second kappa shape index (κ2) is 7.37. The van der Waals surface area contributed by atoms with Gasteiger partial charge in [0.25, 0.3) is 0 Å². The molecule has 2 aliphatic heterocycles. The van der Waals surface area contributed by atoms with Crippen LogP contribution in [-0.4, -0.2) is 40.4 Å². The zero-order valence-corrected chi connectivity index (χ0v) is 18.0. The van der Waals surface area contributed by atoms with Crippen molar-refractivity contribution >= 4 is 6.09 Å². The molecule has 162 valence electrons. The fraction of sp³-hybridized carbons (Fsp3) is 0.519. The van der Waals surface area contributed by atoms with Crippen molar-refractivity contribution in [3.8, 4) is 11.1 Å². The molecule has 6 rings (SSSR count). The first-order chi connectivity index (χ1) is 15.1. The number of piperidine rings is 2. The minimum absolute atomic E-state index is 0.0906. The average Bonchev–Trinajstić information content (AvgIpc) is 3.04. The van der Waals surface area contributed by atoms with E-state index >= 15 is 0 Å². The van der Waals surface area contributed by atoms with E-state index < -0.39 is 5.60 Å². The first-order valence-electron chi connectivity index (χ1n) is 12.0. The highest BCUT2D eigenvalue weighted by molar-refractivity contribution is 5.79. The Labute approximate surface area is 184 Å². The smallest absolute Gasteiger partial charge is 0.410 e. The number of carbonyl (C=O) groups is 1. The molecular weight excluding hydrogens is 386 g/mol. The maximum absolute atomic E-state index is 13.3. The molecule has 0 radical (unpaired) electrons. The lowest BCUT2D eigenvalue weighted by Crippen LogP contribution is -2.62. The summed E-state index contributed by atoms with van der Waals surface area (Å²) in [4.78, 5) is 15.3. The lowest BCUT2D eigenvalue weighted by Gasteiger charge is -2.55. The van der Waals surface area contributed by atoms with Crippen LogP contribution in [0, 0.1) is 5.92 Å². The van der Waals surface area contributed by atoms with Crippen LogP contribution in [0.3, 0.4) is 0 Å². The Morgan fingerprint density at radius 1 is 0.903 bits per heavy atom. The van der Waals surface area contributed by atoms with Gasteiger partial charge in [0, 0.05) is 18.0 Å². The average molecular weight is 418 g/mol. The molecule has 2 bridgehead atoms. The first kappa shape index (κ1) is 19.4. The quantitative estimate of drug-likeness (QED) is 0.719. The molecule has 1 N–H and O–H groups in total. The Kier molecular flexibility index (Phi) is 4.60. The number of fused-ring (bicyclic) bond motifs is 5. The summed E-state index contributed by atoms with van der Waals surface area (Å²) < 4.78 is 5.99. The van der Waals surface area contributed by atoms with Crippen LogP contribution in [0.4, 0.5) is 4.79 Å². The molecule has 0 spiro atoms. The van der Waals surface area contributed by atoms with Gasteiger partial charge in [0.1, 0.15) is 6.61 Å². The molecule has 2 atom stereocenters. The number of hydrogen-bond acceptors (Lipinski definition) is 3. The number of rotatable bonds is 3. The van der Waals surface area contributed by atoms with Gasteiger partial charge in [-0.1, -0.05) is 55.0 Å². The van der Waals surface area contributed by atoms with Crippen LogP contribution in [0.15, 0.2) is 48.5 Å². The van der Waals surface area contributed by atoms with Crippen molar-refractivity contribution in [1.82, 2.24) is 4.90 Å². The van der Waals surface area contributed by atoms with Crippen LogP contribution < -0.4 is 0 Å². The van der Waals surface area contributed by atoms with Crippen molar-refractivity contribution in [3.05, 3.63) is 59.7 Å². The number of ether oxygens (including phenoxy) is 1. The Hall–Kier alpha value is -2.33. The van der Waals surface area contributed by atoms with E-state index in [-0.39, 0.29) is 24.1 Å². The van der Waals surface area contributed by atoms with Crippen molar-refractivity contribution in [1.29, 1.82) is 0 Å². The van der Waals surface area contributed by atoms with Gasteiger partial charge in [-0.15, -0.1) is 0 Å². The van der Waals surface area contributed by atoms with Gasteiger partial charge in [0.2, 0.25) is 0 Å². The fourth-order valence-corrected chi connectivity index (χ4v) is 6.71. The first-order valence-corrected chi connectivity index (χ1v) is 12.0. The topological polar surface area (TPSA) is 49.8 Å². The summed E-state index contributed by atoms with van der Waals surface area (Å²) in [5.74, 6) is 0.521. The third-order valence-electron chi connectivity index (χ3n) is 8.45. The predicted octanol–water partition coefficient (Wildman–Crippen LogP) is 5.48. The lowest BCUT2D eigenvalue weighted by atomic mass is 9.64. The zero-order valence-electron chi connectivity index (χ0n) is 18.0. The monoisotopic (exact) mass is 417 g/mol.